The Morgan fingerprint density at radius 2 is 1.83 bits per heavy atom. The summed E-state index contributed by atoms with van der Waals surface area (Å²) in [6.07, 6.45) is 2.20. The van der Waals surface area contributed by atoms with E-state index in [0.717, 1.165) is 12.0 Å². The number of aliphatic hydroxyl groups is 5. The van der Waals surface area contributed by atoms with E-state index in [1.54, 1.807) is 6.08 Å². The van der Waals surface area contributed by atoms with Crippen LogP contribution in [0.5, 0.6) is 0 Å². The molecular weight excluding hydrogens is 452 g/mol. The van der Waals surface area contributed by atoms with E-state index in [4.69, 9.17) is 0 Å². The highest BCUT2D eigenvalue weighted by atomic mass is 16.4. The Morgan fingerprint density at radius 3 is 2.46 bits per heavy atom. The standard InChI is InChI=1S/C27H42O8/c1-14(19(28)7-9-26(4,34)23(32)33)15-6-10-27(35)17-11-20(29)18-12-21(30)22(31)13-24(18,2)16(17)5-8-25(15,27)3/h11,14-16,18-19,21-22,28,30-31,34-35H,5-10,12-13H2,1-4H3,(H,32,33)/t14-,15+,16-,18-,19+,21+,22-,24+,25+,26?,27+/m0/s1. The van der Waals surface area contributed by atoms with Gasteiger partial charge in [-0.25, -0.2) is 4.79 Å². The molecule has 1 unspecified atom stereocenters. The smallest absolute Gasteiger partial charge is 0.335 e. The van der Waals surface area contributed by atoms with Crippen LogP contribution in [0.3, 0.4) is 0 Å². The summed E-state index contributed by atoms with van der Waals surface area (Å²) in [7, 11) is 0. The normalized spacial score (nSPS) is 46.5. The van der Waals surface area contributed by atoms with Crippen LogP contribution in [0.1, 0.15) is 79.1 Å². The van der Waals surface area contributed by atoms with Gasteiger partial charge in [0.2, 0.25) is 0 Å². The van der Waals surface area contributed by atoms with Crippen LogP contribution in [0.25, 0.3) is 0 Å². The van der Waals surface area contributed by atoms with Gasteiger partial charge in [0, 0.05) is 11.3 Å². The van der Waals surface area contributed by atoms with E-state index in [1.165, 1.54) is 6.92 Å². The molecule has 0 spiro atoms. The third-order valence-electron chi connectivity index (χ3n) is 10.8. The zero-order valence-corrected chi connectivity index (χ0v) is 21.3. The first kappa shape index (κ1) is 26.7. The molecule has 0 aromatic carbocycles. The maximum Gasteiger partial charge on any atom is 0.335 e. The number of rotatable bonds is 6. The third-order valence-corrected chi connectivity index (χ3v) is 10.8. The van der Waals surface area contributed by atoms with Gasteiger partial charge in [-0.2, -0.15) is 0 Å². The minimum absolute atomic E-state index is 0.0430. The van der Waals surface area contributed by atoms with Crippen molar-refractivity contribution in [3.8, 4) is 0 Å². The van der Waals surface area contributed by atoms with Crippen LogP contribution in [0, 0.1) is 34.5 Å². The molecule has 6 N–H and O–H groups in total. The molecule has 0 bridgehead atoms. The molecule has 4 aliphatic rings. The number of allylic oxidation sites excluding steroid dienone is 1. The number of fused-ring (bicyclic) bond motifs is 5. The summed E-state index contributed by atoms with van der Waals surface area (Å²) >= 11 is 0. The fourth-order valence-electron chi connectivity index (χ4n) is 8.32. The van der Waals surface area contributed by atoms with Crippen LogP contribution >= 0.6 is 0 Å². The largest absolute Gasteiger partial charge is 0.479 e. The van der Waals surface area contributed by atoms with Crippen LogP contribution in [0.15, 0.2) is 11.6 Å². The molecule has 4 rings (SSSR count). The molecule has 3 saturated carbocycles. The Morgan fingerprint density at radius 1 is 1.17 bits per heavy atom. The van der Waals surface area contributed by atoms with Crippen LogP contribution < -0.4 is 0 Å². The zero-order valence-electron chi connectivity index (χ0n) is 21.3. The number of ketones is 1. The molecule has 3 fully saturated rings. The molecule has 0 aliphatic heterocycles. The summed E-state index contributed by atoms with van der Waals surface area (Å²) in [5.74, 6) is -2.12. The van der Waals surface area contributed by atoms with Gasteiger partial charge >= 0.3 is 5.97 Å². The second kappa shape index (κ2) is 8.62. The first-order valence-corrected chi connectivity index (χ1v) is 13.1. The lowest BCUT2D eigenvalue weighted by atomic mass is 9.46. The van der Waals surface area contributed by atoms with Gasteiger partial charge in [-0.1, -0.05) is 20.8 Å². The monoisotopic (exact) mass is 494 g/mol. The van der Waals surface area contributed by atoms with Crippen molar-refractivity contribution in [2.75, 3.05) is 0 Å². The Labute approximate surface area is 207 Å². The van der Waals surface area contributed by atoms with Crippen molar-refractivity contribution in [2.45, 2.75) is 109 Å². The molecule has 0 radical (unpaired) electrons. The van der Waals surface area contributed by atoms with E-state index in [9.17, 15) is 40.2 Å². The van der Waals surface area contributed by atoms with E-state index in [2.05, 4.69) is 0 Å². The van der Waals surface area contributed by atoms with Gasteiger partial charge in [0.25, 0.3) is 0 Å². The highest BCUT2D eigenvalue weighted by molar-refractivity contribution is 5.95. The highest BCUT2D eigenvalue weighted by Crippen LogP contribution is 2.68. The van der Waals surface area contributed by atoms with Crippen molar-refractivity contribution in [3.05, 3.63) is 11.6 Å². The van der Waals surface area contributed by atoms with Crippen molar-refractivity contribution in [1.82, 2.24) is 0 Å². The minimum atomic E-state index is -1.91. The summed E-state index contributed by atoms with van der Waals surface area (Å²) in [5, 5.41) is 63.0. The number of hydrogen-bond donors (Lipinski definition) is 6. The molecule has 4 aliphatic carbocycles. The van der Waals surface area contributed by atoms with Crippen molar-refractivity contribution in [3.63, 3.8) is 0 Å². The first-order valence-electron chi connectivity index (χ1n) is 13.1. The predicted octanol–water partition coefficient (Wildman–Crippen LogP) is 1.80. The van der Waals surface area contributed by atoms with E-state index >= 15 is 0 Å². The Hall–Kier alpha value is -1.32. The number of carboxylic acid groups (broad SMARTS) is 1. The topological polar surface area (TPSA) is 156 Å². The average molecular weight is 495 g/mol. The van der Waals surface area contributed by atoms with Crippen molar-refractivity contribution < 1.29 is 40.2 Å². The van der Waals surface area contributed by atoms with E-state index in [1.807, 2.05) is 20.8 Å². The lowest BCUT2D eigenvalue weighted by molar-refractivity contribution is -0.159. The Kier molecular flexibility index (Phi) is 6.59. The molecule has 198 valence electrons. The molecule has 11 atom stereocenters. The molecule has 0 aromatic rings. The number of carboxylic acids is 1. The molecule has 8 nitrogen and oxygen atoms in total. The Bertz CT molecular complexity index is 913. The SMILES string of the molecule is C[C@H]([C@H](O)CCC(C)(O)C(=O)O)[C@H]1CC[C@@]2(O)C3=CC(=O)[C@@H]4C[C@@H](O)[C@@H](O)C[C@]4(C)[C@H]3CC[C@]12C. The third kappa shape index (κ3) is 3.91. The Balaban J connectivity index is 1.59. The van der Waals surface area contributed by atoms with Gasteiger partial charge in [-0.3, -0.25) is 4.79 Å². The van der Waals surface area contributed by atoms with Gasteiger partial charge < -0.3 is 30.6 Å². The first-order chi connectivity index (χ1) is 16.1. The van der Waals surface area contributed by atoms with E-state index < -0.39 is 46.3 Å². The van der Waals surface area contributed by atoms with Gasteiger partial charge in [0.15, 0.2) is 11.4 Å². The molecule has 0 saturated heterocycles. The molecule has 0 heterocycles. The van der Waals surface area contributed by atoms with Crippen LogP contribution in [-0.2, 0) is 9.59 Å². The van der Waals surface area contributed by atoms with Gasteiger partial charge in [0.1, 0.15) is 0 Å². The fraction of sp³-hybridized carbons (Fsp3) is 0.852. The molecule has 8 heteroatoms. The predicted molar refractivity (Wildman–Crippen MR) is 127 cm³/mol. The minimum Gasteiger partial charge on any atom is -0.479 e. The second-order valence-electron chi connectivity index (χ2n) is 12.7. The van der Waals surface area contributed by atoms with Gasteiger partial charge in [-0.05, 0) is 93.1 Å². The quantitative estimate of drug-likeness (QED) is 0.327. The molecule has 0 aromatic heterocycles. The number of carbonyl (C=O) groups is 2. The van der Waals surface area contributed by atoms with Crippen LogP contribution in [0.2, 0.25) is 0 Å². The number of hydrogen-bond acceptors (Lipinski definition) is 7. The average Bonchev–Trinajstić information content (AvgIpc) is 3.05. The number of carbonyl (C=O) groups excluding carboxylic acids is 1. The summed E-state index contributed by atoms with van der Waals surface area (Å²) in [5.41, 5.74) is -3.46. The van der Waals surface area contributed by atoms with E-state index in [0.29, 0.717) is 25.7 Å². The summed E-state index contributed by atoms with van der Waals surface area (Å²) in [6, 6.07) is 0. The maximum absolute atomic E-state index is 13.2. The molecular formula is C27H42O8. The molecule has 0 amide bonds. The van der Waals surface area contributed by atoms with Gasteiger partial charge in [-0.15, -0.1) is 0 Å². The highest BCUT2D eigenvalue weighted by Gasteiger charge is 2.67. The van der Waals surface area contributed by atoms with Crippen LogP contribution in [-0.4, -0.2) is 71.9 Å². The van der Waals surface area contributed by atoms with Crippen molar-refractivity contribution in [1.29, 1.82) is 0 Å². The van der Waals surface area contributed by atoms with Crippen molar-refractivity contribution in [2.24, 2.45) is 34.5 Å². The zero-order chi connectivity index (χ0) is 26.1. The second-order valence-corrected chi connectivity index (χ2v) is 12.7. The van der Waals surface area contributed by atoms with Gasteiger partial charge in [0.05, 0.1) is 23.9 Å². The molecule has 35 heavy (non-hydrogen) atoms. The van der Waals surface area contributed by atoms with E-state index in [-0.39, 0.29) is 48.7 Å². The lowest BCUT2D eigenvalue weighted by Gasteiger charge is -2.60. The summed E-state index contributed by atoms with van der Waals surface area (Å²) < 4.78 is 0. The summed E-state index contributed by atoms with van der Waals surface area (Å²) in [4.78, 5) is 24.5. The lowest BCUT2D eigenvalue weighted by Crippen LogP contribution is -2.61. The number of aliphatic carboxylic acids is 1. The van der Waals surface area contributed by atoms with Crippen LogP contribution in [0.4, 0.5) is 0 Å². The number of aliphatic hydroxyl groups excluding tert-OH is 3. The maximum atomic E-state index is 13.2. The van der Waals surface area contributed by atoms with Crippen molar-refractivity contribution >= 4 is 11.8 Å². The fourth-order valence-corrected chi connectivity index (χ4v) is 8.32. The summed E-state index contributed by atoms with van der Waals surface area (Å²) in [6.45, 7) is 7.20.